The van der Waals surface area contributed by atoms with Crippen molar-refractivity contribution in [3.63, 3.8) is 0 Å². The molecule has 0 bridgehead atoms. The van der Waals surface area contributed by atoms with Gasteiger partial charge in [-0.25, -0.2) is 9.69 Å². The van der Waals surface area contributed by atoms with Gasteiger partial charge in [0, 0.05) is 24.2 Å². The Morgan fingerprint density at radius 3 is 2.04 bits per heavy atom. The number of urea groups is 1. The maximum atomic E-state index is 16.9. The quantitative estimate of drug-likeness (QED) is 0.0579. The highest BCUT2D eigenvalue weighted by molar-refractivity contribution is 6.24. The Kier molecular flexibility index (Phi) is 15.2. The first-order chi connectivity index (χ1) is 37.1. The van der Waals surface area contributed by atoms with Crippen LogP contribution in [-0.2, 0) is 31.1 Å². The number of cyclic esters (lactones) is 1. The highest BCUT2D eigenvalue weighted by atomic mass is 16.6. The van der Waals surface area contributed by atoms with Gasteiger partial charge < -0.3 is 30.3 Å². The number of esters is 1. The Bertz CT molecular complexity index is 3250. The first-order valence-electron chi connectivity index (χ1n) is 25.6. The fourth-order valence-electron chi connectivity index (χ4n) is 11.4. The van der Waals surface area contributed by atoms with Gasteiger partial charge in [-0.3, -0.25) is 24.2 Å². The van der Waals surface area contributed by atoms with Crippen LogP contribution in [0.4, 0.5) is 10.5 Å². The minimum absolute atomic E-state index is 0.118. The number of nitrogens with one attached hydrogen (secondary N) is 2. The molecule has 8 atom stereocenters. The van der Waals surface area contributed by atoms with E-state index < -0.39 is 71.5 Å². The normalized spacial score (nSPS) is 21.4. The van der Waals surface area contributed by atoms with Crippen molar-refractivity contribution in [2.75, 3.05) is 38.3 Å². The number of ether oxygens (including phenoxy) is 2. The van der Waals surface area contributed by atoms with E-state index in [0.717, 1.165) is 21.6 Å². The number of anilines is 1. The third-order valence-corrected chi connectivity index (χ3v) is 14.7. The van der Waals surface area contributed by atoms with Crippen molar-refractivity contribution in [2.45, 2.75) is 55.3 Å². The van der Waals surface area contributed by atoms with Gasteiger partial charge in [0.15, 0.2) is 0 Å². The lowest BCUT2D eigenvalue weighted by molar-refractivity contribution is -0.178. The van der Waals surface area contributed by atoms with E-state index in [1.807, 2.05) is 134 Å². The van der Waals surface area contributed by atoms with Gasteiger partial charge in [-0.1, -0.05) is 182 Å². The maximum Gasteiger partial charge on any atom is 0.329 e. The molecular weight excluding hydrogens is 955 g/mol. The summed E-state index contributed by atoms with van der Waals surface area (Å²) in [6.45, 7) is 2.12. The molecule has 7 aromatic rings. The molecule has 2 saturated heterocycles. The number of aliphatic hydroxyl groups excluding tert-OH is 2. The largest absolute Gasteiger partial charge is 0.491 e. The van der Waals surface area contributed by atoms with Crippen molar-refractivity contribution < 1.29 is 38.9 Å². The van der Waals surface area contributed by atoms with Gasteiger partial charge in [0.1, 0.15) is 29.9 Å². The molecule has 3 aliphatic rings. The number of amides is 4. The number of fused-ring (bicyclic) bond motifs is 3. The predicted octanol–water partition coefficient (Wildman–Crippen LogP) is 8.53. The smallest absolute Gasteiger partial charge is 0.329 e. The molecule has 4 amide bonds. The van der Waals surface area contributed by atoms with E-state index in [0.29, 0.717) is 35.3 Å². The highest BCUT2D eigenvalue weighted by Gasteiger charge is 2.76. The Hall–Kier alpha value is -8.38. The molecule has 4 N–H and O–H groups in total. The second-order valence-corrected chi connectivity index (χ2v) is 19.5. The van der Waals surface area contributed by atoms with Gasteiger partial charge >= 0.3 is 12.0 Å². The standard InChI is InChI=1S/C63H59N5O8/c1-42(45-24-10-4-11-25-45)65-62(74)67-51-35-34-43(23-20-36-66(2)41-44-21-8-3-9-22-44)39-50(51)63(61(67)73)54(59(71)64-40-52(70)46-26-12-5-13-27-46)56-60(72)76-57(48-30-16-7-17-31-48)55(47-28-14-6-15-29-47)68(56)58(63)49-32-18-19-33-53(49)75-38-37-69/h3-19,21-22,24-35,39,42,52,54-58,69-70H,36-38,40-41H2,1-2H3,(H,64,71)(H,65,74). The Morgan fingerprint density at radius 2 is 1.37 bits per heavy atom. The molecular formula is C63H59N5O8. The minimum Gasteiger partial charge on any atom is -0.491 e. The van der Waals surface area contributed by atoms with Crippen LogP contribution in [0.2, 0.25) is 0 Å². The highest BCUT2D eigenvalue weighted by Crippen LogP contribution is 2.66. The third-order valence-electron chi connectivity index (χ3n) is 14.7. The summed E-state index contributed by atoms with van der Waals surface area (Å²) in [5, 5.41) is 27.9. The van der Waals surface area contributed by atoms with Gasteiger partial charge in [0.2, 0.25) is 11.8 Å². The monoisotopic (exact) mass is 1010 g/mol. The van der Waals surface area contributed by atoms with Crippen LogP contribution in [0.25, 0.3) is 0 Å². The van der Waals surface area contributed by atoms with E-state index >= 15 is 19.2 Å². The van der Waals surface area contributed by atoms with Crippen LogP contribution in [0.1, 0.15) is 81.8 Å². The molecule has 384 valence electrons. The minimum atomic E-state index is -2.13. The van der Waals surface area contributed by atoms with Gasteiger partial charge in [-0.05, 0) is 71.6 Å². The molecule has 76 heavy (non-hydrogen) atoms. The lowest BCUT2D eigenvalue weighted by Gasteiger charge is -2.46. The first-order valence-corrected chi connectivity index (χ1v) is 25.6. The van der Waals surface area contributed by atoms with E-state index in [2.05, 4.69) is 39.5 Å². The van der Waals surface area contributed by atoms with Crippen molar-refractivity contribution in [3.05, 3.63) is 239 Å². The van der Waals surface area contributed by atoms with Crippen molar-refractivity contribution in [1.82, 2.24) is 20.4 Å². The summed E-state index contributed by atoms with van der Waals surface area (Å²) in [5.41, 5.74) is 3.10. The van der Waals surface area contributed by atoms with E-state index in [4.69, 9.17) is 9.47 Å². The Morgan fingerprint density at radius 1 is 0.763 bits per heavy atom. The number of benzene rings is 7. The molecule has 13 heteroatoms. The molecule has 0 aromatic heterocycles. The number of hydrogen-bond donors (Lipinski definition) is 4. The third kappa shape index (κ3) is 9.87. The average molecular weight is 1010 g/mol. The number of hydrogen-bond acceptors (Lipinski definition) is 10. The second kappa shape index (κ2) is 22.6. The number of morpholine rings is 1. The van der Waals surface area contributed by atoms with Crippen LogP contribution < -0.4 is 20.3 Å². The lowest BCUT2D eigenvalue weighted by atomic mass is 9.65. The number of carbonyl (C=O) groups is 4. The molecule has 0 radical (unpaired) electrons. The van der Waals surface area contributed by atoms with Crippen molar-refractivity contribution >= 4 is 29.5 Å². The van der Waals surface area contributed by atoms with E-state index in [1.165, 1.54) is 0 Å². The molecule has 1 spiro atoms. The van der Waals surface area contributed by atoms with Gasteiger partial charge in [0.25, 0.3) is 0 Å². The van der Waals surface area contributed by atoms with Crippen molar-refractivity contribution in [3.8, 4) is 17.6 Å². The van der Waals surface area contributed by atoms with Crippen molar-refractivity contribution in [2.24, 2.45) is 5.92 Å². The van der Waals surface area contributed by atoms with Crippen LogP contribution in [0.3, 0.4) is 0 Å². The Labute approximate surface area is 442 Å². The number of imide groups is 1. The summed E-state index contributed by atoms with van der Waals surface area (Å²) in [4.78, 5) is 68.9. The van der Waals surface area contributed by atoms with E-state index in [9.17, 15) is 10.2 Å². The van der Waals surface area contributed by atoms with Crippen LogP contribution in [0.5, 0.6) is 5.75 Å². The summed E-state index contributed by atoms with van der Waals surface area (Å²) in [7, 11) is 1.98. The van der Waals surface area contributed by atoms with Gasteiger partial charge in [-0.15, -0.1) is 0 Å². The lowest BCUT2D eigenvalue weighted by Crippen LogP contribution is -2.56. The molecule has 0 saturated carbocycles. The summed E-state index contributed by atoms with van der Waals surface area (Å²) < 4.78 is 13.0. The zero-order valence-electron chi connectivity index (χ0n) is 42.2. The average Bonchev–Trinajstić information content (AvgIpc) is 4.01. The number of nitrogens with zero attached hydrogens (tertiary/aromatic N) is 3. The molecule has 8 unspecified atom stereocenters. The number of para-hydroxylation sites is 1. The fourth-order valence-corrected chi connectivity index (χ4v) is 11.4. The van der Waals surface area contributed by atoms with Crippen LogP contribution in [0, 0.1) is 17.8 Å². The van der Waals surface area contributed by atoms with Crippen LogP contribution in [-0.4, -0.2) is 83.2 Å². The summed E-state index contributed by atoms with van der Waals surface area (Å²) in [6.07, 6.45) is -2.14. The summed E-state index contributed by atoms with van der Waals surface area (Å²) in [6, 6.07) is 54.5. The number of carbonyl (C=O) groups excluding carboxylic acids is 4. The van der Waals surface area contributed by atoms with Gasteiger partial charge in [0.05, 0.1) is 49.0 Å². The fraction of sp³-hybridized carbons (Fsp3) is 0.238. The topological polar surface area (TPSA) is 161 Å². The zero-order valence-corrected chi connectivity index (χ0v) is 42.2. The molecule has 13 nitrogen and oxygen atoms in total. The molecule has 2 fully saturated rings. The van der Waals surface area contributed by atoms with Crippen LogP contribution >= 0.6 is 0 Å². The number of rotatable bonds is 15. The second-order valence-electron chi connectivity index (χ2n) is 19.5. The predicted molar refractivity (Wildman–Crippen MR) is 288 cm³/mol. The van der Waals surface area contributed by atoms with Crippen LogP contribution in [0.15, 0.2) is 194 Å². The number of aliphatic hydroxyl groups is 2. The molecule has 3 aliphatic heterocycles. The van der Waals surface area contributed by atoms with Gasteiger partial charge in [-0.2, -0.15) is 0 Å². The first kappa shape index (κ1) is 51.1. The summed E-state index contributed by atoms with van der Waals surface area (Å²) in [5.74, 6) is 3.02. The molecule has 7 aromatic carbocycles. The SMILES string of the molecule is CC(NC(=O)N1C(=O)C2(c3cc(C#CCN(C)Cc4ccccc4)ccc31)C(C(=O)NCC(O)c1ccccc1)C1C(=O)OC(c3ccccc3)C(c3ccccc3)N1C2c1ccccc1OCCO)c1ccccc1. The maximum absolute atomic E-state index is 16.9. The Balaban J connectivity index is 1.22. The molecule has 10 rings (SSSR count). The molecule has 0 aliphatic carbocycles. The summed E-state index contributed by atoms with van der Waals surface area (Å²) >= 11 is 0. The van der Waals surface area contributed by atoms with Crippen molar-refractivity contribution in [1.29, 1.82) is 0 Å². The molecule has 3 heterocycles. The van der Waals surface area contributed by atoms with E-state index in [-0.39, 0.29) is 36.8 Å². The zero-order chi connectivity index (χ0) is 52.8. The van der Waals surface area contributed by atoms with E-state index in [1.54, 1.807) is 66.7 Å².